The smallest absolute Gasteiger partial charge is 0.244 e. The first-order valence-electron chi connectivity index (χ1n) is 10.9. The lowest BCUT2D eigenvalue weighted by Crippen LogP contribution is -2.41. The van der Waals surface area contributed by atoms with Gasteiger partial charge in [-0.2, -0.15) is 9.57 Å². The number of sulfonamides is 1. The maximum Gasteiger partial charge on any atom is 0.244 e. The highest BCUT2D eigenvalue weighted by molar-refractivity contribution is 7.98. The Labute approximate surface area is 203 Å². The molecule has 1 fully saturated rings. The Hall–Kier alpha value is -3.19. The van der Waals surface area contributed by atoms with E-state index >= 15 is 0 Å². The van der Waals surface area contributed by atoms with Crippen LogP contribution in [-0.4, -0.2) is 36.7 Å². The van der Waals surface area contributed by atoms with E-state index in [1.54, 1.807) is 30.1 Å². The first kappa shape index (κ1) is 24.0. The number of nitrogens with one attached hydrogen (secondary N) is 1. The zero-order valence-corrected chi connectivity index (χ0v) is 20.1. The van der Waals surface area contributed by atoms with E-state index in [-0.39, 0.29) is 35.4 Å². The number of aromatic nitrogens is 1. The van der Waals surface area contributed by atoms with E-state index in [9.17, 15) is 18.5 Å². The summed E-state index contributed by atoms with van der Waals surface area (Å²) in [6, 6.07) is 19.8. The number of nitriles is 1. The van der Waals surface area contributed by atoms with Crippen LogP contribution in [0.1, 0.15) is 24.0 Å². The van der Waals surface area contributed by atoms with Crippen molar-refractivity contribution in [1.29, 1.82) is 5.26 Å². The summed E-state index contributed by atoms with van der Waals surface area (Å²) in [6.45, 7) is 0.480. The summed E-state index contributed by atoms with van der Waals surface area (Å²) >= 11 is 1.70. The maximum absolute atomic E-state index is 13.0. The van der Waals surface area contributed by atoms with Crippen LogP contribution in [-0.2, 0) is 20.6 Å². The number of rotatable bonds is 7. The fourth-order valence-electron chi connectivity index (χ4n) is 3.81. The van der Waals surface area contributed by atoms with Crippen molar-refractivity contribution in [3.8, 4) is 6.07 Å². The second-order valence-electron chi connectivity index (χ2n) is 7.95. The average Bonchev–Trinajstić information content (AvgIpc) is 2.89. The predicted octanol–water partition coefficient (Wildman–Crippen LogP) is 4.28. The number of piperidine rings is 1. The lowest BCUT2D eigenvalue weighted by Gasteiger charge is -2.30. The van der Waals surface area contributed by atoms with Crippen molar-refractivity contribution < 1.29 is 13.2 Å². The zero-order valence-electron chi connectivity index (χ0n) is 18.4. The van der Waals surface area contributed by atoms with E-state index in [1.807, 2.05) is 48.7 Å². The topological polar surface area (TPSA) is 103 Å². The molecule has 1 aliphatic rings. The lowest BCUT2D eigenvalue weighted by atomic mass is 9.97. The molecular weight excluding hydrogens is 468 g/mol. The van der Waals surface area contributed by atoms with Crippen molar-refractivity contribution in [3.05, 3.63) is 84.2 Å². The number of pyridine rings is 1. The van der Waals surface area contributed by atoms with Crippen molar-refractivity contribution in [2.45, 2.75) is 28.4 Å². The molecule has 0 spiro atoms. The number of thioether (sulfide) groups is 1. The minimum absolute atomic E-state index is 0.0156. The molecular formula is C25H24N4O3S2. The van der Waals surface area contributed by atoms with Gasteiger partial charge in [-0.05, 0) is 60.9 Å². The third-order valence-corrected chi connectivity index (χ3v) is 8.74. The average molecular weight is 493 g/mol. The first-order valence-corrected chi connectivity index (χ1v) is 13.3. The van der Waals surface area contributed by atoms with Gasteiger partial charge in [0.25, 0.3) is 0 Å². The summed E-state index contributed by atoms with van der Waals surface area (Å²) in [6.07, 6.45) is 4.46. The standard InChI is InChI=1S/C25H24N4O3S2/c26-16-21-5-1-2-6-24(21)34(31,32)29-14-11-20(12-15-29)25(30)28-22-7-9-23(10-8-22)33-18-19-4-3-13-27-17-19/h1-10,13,17,20H,11-12,14-15,18H2,(H,28,30). The molecule has 1 saturated heterocycles. The largest absolute Gasteiger partial charge is 0.326 e. The fraction of sp³-hybridized carbons (Fsp3) is 0.240. The number of carbonyl (C=O) groups excluding carboxylic acids is 1. The molecule has 2 heterocycles. The van der Waals surface area contributed by atoms with Crippen LogP contribution in [0.5, 0.6) is 0 Å². The minimum Gasteiger partial charge on any atom is -0.326 e. The number of amides is 1. The second kappa shape index (κ2) is 10.8. The molecule has 0 saturated carbocycles. The summed E-state index contributed by atoms with van der Waals surface area (Å²) in [5, 5.41) is 12.2. The Morgan fingerprint density at radius 1 is 1.09 bits per heavy atom. The van der Waals surface area contributed by atoms with Gasteiger partial charge >= 0.3 is 0 Å². The zero-order chi connectivity index (χ0) is 24.0. The van der Waals surface area contributed by atoms with Gasteiger partial charge in [-0.25, -0.2) is 8.42 Å². The van der Waals surface area contributed by atoms with E-state index < -0.39 is 10.0 Å². The highest BCUT2D eigenvalue weighted by Gasteiger charge is 2.33. The van der Waals surface area contributed by atoms with Gasteiger partial charge in [0.2, 0.25) is 15.9 Å². The molecule has 174 valence electrons. The Kier molecular flexibility index (Phi) is 7.63. The van der Waals surface area contributed by atoms with Crippen LogP contribution in [0.3, 0.4) is 0 Å². The van der Waals surface area contributed by atoms with E-state index in [1.165, 1.54) is 16.4 Å². The number of anilines is 1. The molecule has 0 atom stereocenters. The molecule has 1 aromatic heterocycles. The summed E-state index contributed by atoms with van der Waals surface area (Å²) in [7, 11) is -3.77. The molecule has 1 aliphatic heterocycles. The van der Waals surface area contributed by atoms with E-state index in [4.69, 9.17) is 0 Å². The van der Waals surface area contributed by atoms with Crippen LogP contribution in [0.4, 0.5) is 5.69 Å². The van der Waals surface area contributed by atoms with Crippen LogP contribution in [0, 0.1) is 17.2 Å². The van der Waals surface area contributed by atoms with Gasteiger partial charge in [-0.1, -0.05) is 18.2 Å². The molecule has 7 nitrogen and oxygen atoms in total. The van der Waals surface area contributed by atoms with Gasteiger partial charge in [-0.3, -0.25) is 9.78 Å². The third kappa shape index (κ3) is 5.65. The molecule has 2 aromatic carbocycles. The third-order valence-electron chi connectivity index (χ3n) is 5.70. The number of nitrogens with zero attached hydrogens (tertiary/aromatic N) is 3. The second-order valence-corrected chi connectivity index (χ2v) is 10.9. The molecule has 0 radical (unpaired) electrons. The Bertz CT molecular complexity index is 1280. The van der Waals surface area contributed by atoms with Crippen molar-refractivity contribution in [2.24, 2.45) is 5.92 Å². The normalized spacial score (nSPS) is 14.9. The molecule has 4 rings (SSSR count). The van der Waals surface area contributed by atoms with Gasteiger partial charge in [0, 0.05) is 47.7 Å². The number of hydrogen-bond acceptors (Lipinski definition) is 6. The van der Waals surface area contributed by atoms with Crippen molar-refractivity contribution in [2.75, 3.05) is 18.4 Å². The van der Waals surface area contributed by atoms with E-state index in [2.05, 4.69) is 10.3 Å². The Morgan fingerprint density at radius 3 is 2.50 bits per heavy atom. The first-order chi connectivity index (χ1) is 16.5. The summed E-state index contributed by atoms with van der Waals surface area (Å²) in [5.74, 6) is 0.447. The van der Waals surface area contributed by atoms with Crippen LogP contribution >= 0.6 is 11.8 Å². The monoisotopic (exact) mass is 492 g/mol. The lowest BCUT2D eigenvalue weighted by molar-refractivity contribution is -0.120. The van der Waals surface area contributed by atoms with Crippen LogP contribution in [0.25, 0.3) is 0 Å². The van der Waals surface area contributed by atoms with Gasteiger partial charge in [0.1, 0.15) is 6.07 Å². The van der Waals surface area contributed by atoms with Crippen molar-refractivity contribution >= 4 is 33.4 Å². The van der Waals surface area contributed by atoms with E-state index in [0.29, 0.717) is 18.5 Å². The van der Waals surface area contributed by atoms with Gasteiger partial charge < -0.3 is 5.32 Å². The quantitative estimate of drug-likeness (QED) is 0.494. The van der Waals surface area contributed by atoms with E-state index in [0.717, 1.165) is 16.2 Å². The molecule has 0 aliphatic carbocycles. The summed E-state index contributed by atoms with van der Waals surface area (Å²) in [5.41, 5.74) is 1.99. The Morgan fingerprint density at radius 2 is 1.82 bits per heavy atom. The van der Waals surface area contributed by atoms with Crippen LogP contribution in [0.15, 0.2) is 82.8 Å². The molecule has 1 amide bonds. The van der Waals surface area contributed by atoms with Gasteiger partial charge in [-0.15, -0.1) is 11.8 Å². The maximum atomic E-state index is 13.0. The molecule has 3 aromatic rings. The van der Waals surface area contributed by atoms with Gasteiger partial charge in [0.15, 0.2) is 0 Å². The van der Waals surface area contributed by atoms with Crippen LogP contribution in [0.2, 0.25) is 0 Å². The molecule has 0 bridgehead atoms. The Balaban J connectivity index is 1.30. The number of benzene rings is 2. The highest BCUT2D eigenvalue weighted by Crippen LogP contribution is 2.27. The predicted molar refractivity (Wildman–Crippen MR) is 132 cm³/mol. The molecule has 34 heavy (non-hydrogen) atoms. The number of carbonyl (C=O) groups is 1. The summed E-state index contributed by atoms with van der Waals surface area (Å²) in [4.78, 5) is 18.0. The highest BCUT2D eigenvalue weighted by atomic mass is 32.2. The minimum atomic E-state index is -3.77. The molecule has 0 unspecified atom stereocenters. The summed E-state index contributed by atoms with van der Waals surface area (Å²) < 4.78 is 27.3. The number of hydrogen-bond donors (Lipinski definition) is 1. The fourth-order valence-corrected chi connectivity index (χ4v) is 6.25. The van der Waals surface area contributed by atoms with Crippen molar-refractivity contribution in [1.82, 2.24) is 9.29 Å². The molecule has 9 heteroatoms. The van der Waals surface area contributed by atoms with Crippen molar-refractivity contribution in [3.63, 3.8) is 0 Å². The van der Waals surface area contributed by atoms with Crippen LogP contribution < -0.4 is 5.32 Å². The SMILES string of the molecule is N#Cc1ccccc1S(=O)(=O)N1CCC(C(=O)Nc2ccc(SCc3cccnc3)cc2)CC1. The van der Waals surface area contributed by atoms with Gasteiger partial charge in [0.05, 0.1) is 10.5 Å². The molecule has 1 N–H and O–H groups in total.